The molecule has 0 spiro atoms. The summed E-state index contributed by atoms with van der Waals surface area (Å²) in [6, 6.07) is 7.76. The minimum Gasteiger partial charge on any atom is -0.496 e. The number of hydrogen-bond donors (Lipinski definition) is 0. The van der Waals surface area contributed by atoms with Crippen molar-refractivity contribution in [3.63, 3.8) is 0 Å². The van der Waals surface area contributed by atoms with Gasteiger partial charge in [-0.25, -0.2) is 9.97 Å². The Labute approximate surface area is 95.1 Å². The number of para-hydroxylation sites is 1. The lowest BCUT2D eigenvalue weighted by Crippen LogP contribution is -1.96. The summed E-state index contributed by atoms with van der Waals surface area (Å²) in [5.41, 5.74) is 3.02. The van der Waals surface area contributed by atoms with Crippen LogP contribution in [0.2, 0.25) is 0 Å². The highest BCUT2D eigenvalue weighted by molar-refractivity contribution is 5.63. The molecule has 0 N–H and O–H groups in total. The van der Waals surface area contributed by atoms with Crippen molar-refractivity contribution in [2.24, 2.45) is 0 Å². The van der Waals surface area contributed by atoms with Gasteiger partial charge in [-0.05, 0) is 31.5 Å². The molecule has 1 heterocycles. The summed E-state index contributed by atoms with van der Waals surface area (Å²) in [5.74, 6) is 1.51. The molecule has 0 bridgehead atoms. The number of nitrogens with zero attached hydrogens (tertiary/aromatic N) is 2. The summed E-state index contributed by atoms with van der Waals surface area (Å²) < 4.78 is 5.29. The Morgan fingerprint density at radius 1 is 1.12 bits per heavy atom. The van der Waals surface area contributed by atoms with Gasteiger partial charge in [0.05, 0.1) is 12.7 Å². The van der Waals surface area contributed by atoms with Gasteiger partial charge in [-0.2, -0.15) is 0 Å². The Morgan fingerprint density at radius 3 is 2.56 bits per heavy atom. The molecule has 0 aliphatic rings. The van der Waals surface area contributed by atoms with Crippen LogP contribution in [0.15, 0.2) is 30.5 Å². The fourth-order valence-corrected chi connectivity index (χ4v) is 1.49. The van der Waals surface area contributed by atoms with Crippen LogP contribution in [-0.2, 0) is 0 Å². The normalized spacial score (nSPS) is 10.2. The maximum atomic E-state index is 5.29. The number of rotatable bonds is 2. The average Bonchev–Trinajstić information content (AvgIpc) is 2.32. The van der Waals surface area contributed by atoms with E-state index in [1.165, 1.54) is 0 Å². The van der Waals surface area contributed by atoms with E-state index < -0.39 is 0 Å². The van der Waals surface area contributed by atoms with Crippen LogP contribution in [0.5, 0.6) is 5.75 Å². The number of ether oxygens (including phenoxy) is 1. The van der Waals surface area contributed by atoms with Gasteiger partial charge in [-0.3, -0.25) is 0 Å². The summed E-state index contributed by atoms with van der Waals surface area (Å²) in [5, 5.41) is 0. The van der Waals surface area contributed by atoms with Gasteiger partial charge in [-0.1, -0.05) is 12.1 Å². The van der Waals surface area contributed by atoms with Crippen molar-refractivity contribution >= 4 is 0 Å². The number of aryl methyl sites for hydroxylation is 2. The van der Waals surface area contributed by atoms with Crippen molar-refractivity contribution < 1.29 is 4.74 Å². The van der Waals surface area contributed by atoms with Crippen molar-refractivity contribution in [3.05, 3.63) is 41.7 Å². The van der Waals surface area contributed by atoms with Gasteiger partial charge < -0.3 is 4.74 Å². The summed E-state index contributed by atoms with van der Waals surface area (Å²) in [6.45, 7) is 3.98. The molecule has 0 radical (unpaired) electrons. The molecule has 2 aromatic rings. The van der Waals surface area contributed by atoms with Crippen LogP contribution in [0.25, 0.3) is 11.4 Å². The molecule has 3 heteroatoms. The first-order valence-electron chi connectivity index (χ1n) is 5.16. The van der Waals surface area contributed by atoms with Crippen LogP contribution in [0, 0.1) is 13.8 Å². The molecular weight excluding hydrogens is 200 g/mol. The Bertz CT molecular complexity index is 509. The molecule has 82 valence electrons. The molecule has 0 fully saturated rings. The molecule has 2 rings (SSSR count). The topological polar surface area (TPSA) is 35.0 Å². The van der Waals surface area contributed by atoms with Gasteiger partial charge in [-0.15, -0.1) is 0 Å². The zero-order chi connectivity index (χ0) is 11.5. The third kappa shape index (κ3) is 1.89. The van der Waals surface area contributed by atoms with Crippen LogP contribution in [0.3, 0.4) is 0 Å². The third-order valence-corrected chi connectivity index (χ3v) is 2.57. The minimum atomic E-state index is 0.709. The number of methoxy groups -OCH3 is 1. The number of aromatic nitrogens is 2. The van der Waals surface area contributed by atoms with Gasteiger partial charge >= 0.3 is 0 Å². The largest absolute Gasteiger partial charge is 0.496 e. The van der Waals surface area contributed by atoms with E-state index in [1.54, 1.807) is 7.11 Å². The highest BCUT2D eigenvalue weighted by Gasteiger charge is 2.08. The van der Waals surface area contributed by atoms with Gasteiger partial charge in [0.2, 0.25) is 0 Å². The maximum absolute atomic E-state index is 5.29. The van der Waals surface area contributed by atoms with E-state index in [0.717, 1.165) is 22.6 Å². The van der Waals surface area contributed by atoms with Crippen molar-refractivity contribution in [2.75, 3.05) is 7.11 Å². The Morgan fingerprint density at radius 2 is 1.88 bits per heavy atom. The predicted octanol–water partition coefficient (Wildman–Crippen LogP) is 2.77. The molecule has 16 heavy (non-hydrogen) atoms. The maximum Gasteiger partial charge on any atom is 0.163 e. The van der Waals surface area contributed by atoms with Crippen LogP contribution in [0.4, 0.5) is 0 Å². The summed E-state index contributed by atoms with van der Waals surface area (Å²) in [7, 11) is 1.65. The average molecular weight is 214 g/mol. The first-order chi connectivity index (χ1) is 7.72. The highest BCUT2D eigenvalue weighted by atomic mass is 16.5. The highest BCUT2D eigenvalue weighted by Crippen LogP contribution is 2.26. The smallest absolute Gasteiger partial charge is 0.163 e. The van der Waals surface area contributed by atoms with Crippen LogP contribution in [0.1, 0.15) is 11.3 Å². The van der Waals surface area contributed by atoms with Gasteiger partial charge in [0, 0.05) is 11.9 Å². The van der Waals surface area contributed by atoms with Gasteiger partial charge in [0.1, 0.15) is 5.75 Å². The number of benzene rings is 1. The van der Waals surface area contributed by atoms with E-state index in [9.17, 15) is 0 Å². The Kier molecular flexibility index (Phi) is 2.86. The molecule has 1 aromatic heterocycles. The summed E-state index contributed by atoms with van der Waals surface area (Å²) in [6.07, 6.45) is 1.84. The molecule has 0 atom stereocenters. The SMILES string of the molecule is COc1ccccc1-c1ncc(C)c(C)n1. The fourth-order valence-electron chi connectivity index (χ4n) is 1.49. The molecule has 0 amide bonds. The molecule has 0 aliphatic heterocycles. The van der Waals surface area contributed by atoms with Crippen molar-refractivity contribution in [3.8, 4) is 17.1 Å². The summed E-state index contributed by atoms with van der Waals surface area (Å²) >= 11 is 0. The zero-order valence-electron chi connectivity index (χ0n) is 9.69. The lowest BCUT2D eigenvalue weighted by atomic mass is 10.1. The first-order valence-corrected chi connectivity index (χ1v) is 5.16. The fraction of sp³-hybridized carbons (Fsp3) is 0.231. The van der Waals surface area contributed by atoms with E-state index in [0.29, 0.717) is 5.82 Å². The van der Waals surface area contributed by atoms with Gasteiger partial charge in [0.15, 0.2) is 5.82 Å². The van der Waals surface area contributed by atoms with E-state index in [1.807, 2.05) is 44.3 Å². The predicted molar refractivity (Wildman–Crippen MR) is 63.5 cm³/mol. The molecule has 0 saturated heterocycles. The number of hydrogen-bond acceptors (Lipinski definition) is 3. The quantitative estimate of drug-likeness (QED) is 0.771. The van der Waals surface area contributed by atoms with Crippen LogP contribution < -0.4 is 4.74 Å². The lowest BCUT2D eigenvalue weighted by Gasteiger charge is -2.07. The molecule has 0 saturated carbocycles. The molecule has 1 aromatic carbocycles. The summed E-state index contributed by atoms with van der Waals surface area (Å²) in [4.78, 5) is 8.79. The standard InChI is InChI=1S/C13H14N2O/c1-9-8-14-13(15-10(9)2)11-6-4-5-7-12(11)16-3/h4-8H,1-3H3. The van der Waals surface area contributed by atoms with Crippen LogP contribution >= 0.6 is 0 Å². The van der Waals surface area contributed by atoms with E-state index in [4.69, 9.17) is 4.74 Å². The molecule has 0 aliphatic carbocycles. The molecular formula is C13H14N2O. The molecule has 3 nitrogen and oxygen atoms in total. The second-order valence-electron chi connectivity index (χ2n) is 3.66. The van der Waals surface area contributed by atoms with Crippen molar-refractivity contribution in [1.82, 2.24) is 9.97 Å². The van der Waals surface area contributed by atoms with E-state index >= 15 is 0 Å². The van der Waals surface area contributed by atoms with Gasteiger partial charge in [0.25, 0.3) is 0 Å². The Hall–Kier alpha value is -1.90. The van der Waals surface area contributed by atoms with E-state index in [-0.39, 0.29) is 0 Å². The lowest BCUT2D eigenvalue weighted by molar-refractivity contribution is 0.416. The first kappa shape index (κ1) is 10.6. The van der Waals surface area contributed by atoms with Crippen molar-refractivity contribution in [1.29, 1.82) is 0 Å². The monoisotopic (exact) mass is 214 g/mol. The second-order valence-corrected chi connectivity index (χ2v) is 3.66. The second kappa shape index (κ2) is 4.31. The Balaban J connectivity index is 2.54. The minimum absolute atomic E-state index is 0.709. The van der Waals surface area contributed by atoms with Crippen LogP contribution in [-0.4, -0.2) is 17.1 Å². The van der Waals surface area contributed by atoms with E-state index in [2.05, 4.69) is 9.97 Å². The van der Waals surface area contributed by atoms with Crippen molar-refractivity contribution in [2.45, 2.75) is 13.8 Å². The molecule has 0 unspecified atom stereocenters. The zero-order valence-corrected chi connectivity index (χ0v) is 9.69. The third-order valence-electron chi connectivity index (χ3n) is 2.57.